The van der Waals surface area contributed by atoms with Crippen LogP contribution in [0.25, 0.3) is 0 Å². The molecule has 1 saturated carbocycles. The molecule has 1 aliphatic carbocycles. The first-order chi connectivity index (χ1) is 9.77. The van der Waals surface area contributed by atoms with Crippen LogP contribution in [-0.4, -0.2) is 11.0 Å². The Morgan fingerprint density at radius 3 is 2.57 bits per heavy atom. The SMILES string of the molecule is CC1CCCC(c2nc(C(C)(C)C)c(CNC(C)C)s2)C1. The predicted molar refractivity (Wildman–Crippen MR) is 93.2 cm³/mol. The Kier molecular flexibility index (Phi) is 5.48. The van der Waals surface area contributed by atoms with Crippen LogP contribution in [0.1, 0.15) is 88.7 Å². The lowest BCUT2D eigenvalue weighted by Crippen LogP contribution is -2.23. The molecule has 1 N–H and O–H groups in total. The van der Waals surface area contributed by atoms with E-state index in [0.29, 0.717) is 12.0 Å². The topological polar surface area (TPSA) is 24.9 Å². The van der Waals surface area contributed by atoms with Gasteiger partial charge in [0, 0.05) is 28.8 Å². The Morgan fingerprint density at radius 1 is 1.29 bits per heavy atom. The van der Waals surface area contributed by atoms with Gasteiger partial charge in [0.15, 0.2) is 0 Å². The predicted octanol–water partition coefficient (Wildman–Crippen LogP) is 5.23. The number of nitrogens with one attached hydrogen (secondary N) is 1. The number of rotatable bonds is 4. The minimum absolute atomic E-state index is 0.142. The van der Waals surface area contributed by atoms with Gasteiger partial charge in [-0.05, 0) is 18.8 Å². The zero-order chi connectivity index (χ0) is 15.6. The van der Waals surface area contributed by atoms with Crippen molar-refractivity contribution in [1.29, 1.82) is 0 Å². The smallest absolute Gasteiger partial charge is 0.0962 e. The molecule has 0 aliphatic heterocycles. The van der Waals surface area contributed by atoms with E-state index in [2.05, 4.69) is 46.9 Å². The molecule has 2 unspecified atom stereocenters. The van der Waals surface area contributed by atoms with E-state index in [-0.39, 0.29) is 5.41 Å². The first-order valence-corrected chi connectivity index (χ1v) is 9.32. The first-order valence-electron chi connectivity index (χ1n) is 8.50. The zero-order valence-corrected chi connectivity index (χ0v) is 15.4. The Labute approximate surface area is 134 Å². The molecule has 0 bridgehead atoms. The van der Waals surface area contributed by atoms with E-state index in [9.17, 15) is 0 Å². The van der Waals surface area contributed by atoms with Crippen LogP contribution in [0.4, 0.5) is 0 Å². The maximum absolute atomic E-state index is 5.10. The van der Waals surface area contributed by atoms with Crippen molar-refractivity contribution in [2.45, 2.75) is 91.1 Å². The van der Waals surface area contributed by atoms with Crippen molar-refractivity contribution >= 4 is 11.3 Å². The van der Waals surface area contributed by atoms with Gasteiger partial charge in [-0.25, -0.2) is 4.98 Å². The van der Waals surface area contributed by atoms with Crippen molar-refractivity contribution in [3.8, 4) is 0 Å². The van der Waals surface area contributed by atoms with Crippen molar-refractivity contribution in [2.75, 3.05) is 0 Å². The molecular weight excluding hydrogens is 276 g/mol. The van der Waals surface area contributed by atoms with E-state index in [1.807, 2.05) is 11.3 Å². The molecule has 1 aliphatic rings. The highest BCUT2D eigenvalue weighted by Crippen LogP contribution is 2.40. The molecule has 0 radical (unpaired) electrons. The minimum atomic E-state index is 0.142. The fourth-order valence-electron chi connectivity index (χ4n) is 3.21. The Bertz CT molecular complexity index is 456. The molecule has 0 spiro atoms. The maximum Gasteiger partial charge on any atom is 0.0962 e. The van der Waals surface area contributed by atoms with Gasteiger partial charge in [-0.3, -0.25) is 0 Å². The number of aromatic nitrogens is 1. The number of thiazole rings is 1. The van der Waals surface area contributed by atoms with Crippen LogP contribution in [0.2, 0.25) is 0 Å². The lowest BCUT2D eigenvalue weighted by atomic mass is 9.83. The summed E-state index contributed by atoms with van der Waals surface area (Å²) in [5.41, 5.74) is 1.46. The zero-order valence-electron chi connectivity index (χ0n) is 14.6. The number of hydrogen-bond acceptors (Lipinski definition) is 3. The lowest BCUT2D eigenvalue weighted by molar-refractivity contribution is 0.343. The van der Waals surface area contributed by atoms with Crippen LogP contribution < -0.4 is 5.32 Å². The molecule has 21 heavy (non-hydrogen) atoms. The summed E-state index contributed by atoms with van der Waals surface area (Å²) >= 11 is 1.96. The standard InChI is InChI=1S/C18H32N2S/c1-12(2)19-11-15-16(18(4,5)6)20-17(21-15)14-9-7-8-13(3)10-14/h12-14,19H,7-11H2,1-6H3. The molecule has 2 nitrogen and oxygen atoms in total. The number of hydrogen-bond donors (Lipinski definition) is 1. The largest absolute Gasteiger partial charge is 0.310 e. The minimum Gasteiger partial charge on any atom is -0.310 e. The van der Waals surface area contributed by atoms with E-state index in [1.165, 1.54) is 41.3 Å². The van der Waals surface area contributed by atoms with Gasteiger partial charge in [-0.15, -0.1) is 11.3 Å². The second kappa shape index (κ2) is 6.78. The number of nitrogens with zero attached hydrogens (tertiary/aromatic N) is 1. The van der Waals surface area contributed by atoms with Crippen LogP contribution in [0, 0.1) is 5.92 Å². The molecule has 0 amide bonds. The molecule has 0 aromatic carbocycles. The summed E-state index contributed by atoms with van der Waals surface area (Å²) in [5, 5.41) is 4.97. The van der Waals surface area contributed by atoms with Gasteiger partial charge >= 0.3 is 0 Å². The fraction of sp³-hybridized carbons (Fsp3) is 0.833. The highest BCUT2D eigenvalue weighted by Gasteiger charge is 2.28. The Hall–Kier alpha value is -0.410. The van der Waals surface area contributed by atoms with Crippen LogP contribution >= 0.6 is 11.3 Å². The molecule has 1 aromatic heterocycles. The molecule has 2 atom stereocenters. The molecule has 2 rings (SSSR count). The summed E-state index contributed by atoms with van der Waals surface area (Å²) in [6, 6.07) is 0.526. The van der Waals surface area contributed by atoms with Crippen molar-refractivity contribution < 1.29 is 0 Å². The highest BCUT2D eigenvalue weighted by atomic mass is 32.1. The summed E-state index contributed by atoms with van der Waals surface area (Å²) in [6.07, 6.45) is 5.43. The highest BCUT2D eigenvalue weighted by molar-refractivity contribution is 7.11. The molecule has 1 fully saturated rings. The fourth-order valence-corrected chi connectivity index (χ4v) is 4.58. The van der Waals surface area contributed by atoms with Crippen LogP contribution in [-0.2, 0) is 12.0 Å². The van der Waals surface area contributed by atoms with Crippen LogP contribution in [0.5, 0.6) is 0 Å². The van der Waals surface area contributed by atoms with E-state index in [4.69, 9.17) is 4.98 Å². The average molecular weight is 309 g/mol. The maximum atomic E-state index is 5.10. The second-order valence-corrected chi connectivity index (χ2v) is 9.19. The van der Waals surface area contributed by atoms with Crippen LogP contribution in [0.15, 0.2) is 0 Å². The molecule has 1 heterocycles. The third-order valence-electron chi connectivity index (χ3n) is 4.38. The van der Waals surface area contributed by atoms with Gasteiger partial charge in [0.05, 0.1) is 10.7 Å². The van der Waals surface area contributed by atoms with Crippen molar-refractivity contribution in [2.24, 2.45) is 5.92 Å². The van der Waals surface area contributed by atoms with E-state index < -0.39 is 0 Å². The average Bonchev–Trinajstić information content (AvgIpc) is 2.80. The normalized spacial score (nSPS) is 23.8. The molecule has 3 heteroatoms. The Morgan fingerprint density at radius 2 is 2.00 bits per heavy atom. The monoisotopic (exact) mass is 308 g/mol. The summed E-state index contributed by atoms with van der Waals surface area (Å²) in [7, 11) is 0. The van der Waals surface area contributed by atoms with Crippen molar-refractivity contribution in [1.82, 2.24) is 10.3 Å². The summed E-state index contributed by atoms with van der Waals surface area (Å²) in [5.74, 6) is 1.57. The molecule has 120 valence electrons. The van der Waals surface area contributed by atoms with Crippen LogP contribution in [0.3, 0.4) is 0 Å². The lowest BCUT2D eigenvalue weighted by Gasteiger charge is -2.25. The van der Waals surface area contributed by atoms with Gasteiger partial charge in [-0.2, -0.15) is 0 Å². The van der Waals surface area contributed by atoms with E-state index >= 15 is 0 Å². The quantitative estimate of drug-likeness (QED) is 0.823. The van der Waals surface area contributed by atoms with Gasteiger partial charge in [0.25, 0.3) is 0 Å². The summed E-state index contributed by atoms with van der Waals surface area (Å²) < 4.78 is 0. The first kappa shape index (κ1) is 17.0. The van der Waals surface area contributed by atoms with Gasteiger partial charge in [-0.1, -0.05) is 54.4 Å². The van der Waals surface area contributed by atoms with Gasteiger partial charge in [0.2, 0.25) is 0 Å². The van der Waals surface area contributed by atoms with E-state index in [1.54, 1.807) is 0 Å². The molecular formula is C18H32N2S. The summed E-state index contributed by atoms with van der Waals surface area (Å²) in [6.45, 7) is 14.6. The second-order valence-electron chi connectivity index (χ2n) is 8.08. The molecule has 1 aromatic rings. The van der Waals surface area contributed by atoms with E-state index in [0.717, 1.165) is 12.5 Å². The third kappa shape index (κ3) is 4.53. The third-order valence-corrected chi connectivity index (χ3v) is 5.60. The van der Waals surface area contributed by atoms with Gasteiger partial charge in [0.1, 0.15) is 0 Å². The van der Waals surface area contributed by atoms with Gasteiger partial charge < -0.3 is 5.32 Å². The Balaban J connectivity index is 2.22. The van der Waals surface area contributed by atoms with Crippen molar-refractivity contribution in [3.63, 3.8) is 0 Å². The van der Waals surface area contributed by atoms with Crippen molar-refractivity contribution in [3.05, 3.63) is 15.6 Å². The summed E-state index contributed by atoms with van der Waals surface area (Å²) in [4.78, 5) is 6.54. The molecule has 0 saturated heterocycles.